The Morgan fingerprint density at radius 2 is 1.84 bits per heavy atom. The van der Waals surface area contributed by atoms with Crippen molar-refractivity contribution in [3.05, 3.63) is 64.2 Å². The molecule has 2 heterocycles. The van der Waals surface area contributed by atoms with Gasteiger partial charge in [0.1, 0.15) is 10.7 Å². The third-order valence-electron chi connectivity index (χ3n) is 3.81. The SMILES string of the molecule is Cc1ccc2nc(-c3ccc(Nc4nc(=O)[nH]nc4C)cc3)sc2c1. The van der Waals surface area contributed by atoms with E-state index in [0.29, 0.717) is 11.5 Å². The number of hydrogen-bond donors (Lipinski definition) is 2. The minimum absolute atomic E-state index is 0.451. The van der Waals surface area contributed by atoms with Gasteiger partial charge in [-0.3, -0.25) is 0 Å². The first kappa shape index (κ1) is 15.5. The van der Waals surface area contributed by atoms with Crippen LogP contribution in [0.15, 0.2) is 47.3 Å². The zero-order valence-electron chi connectivity index (χ0n) is 13.7. The Labute approximate surface area is 147 Å². The molecule has 0 unspecified atom stereocenters. The smallest absolute Gasteiger partial charge is 0.338 e. The minimum atomic E-state index is -0.477. The molecule has 124 valence electrons. The quantitative estimate of drug-likeness (QED) is 0.588. The van der Waals surface area contributed by atoms with E-state index in [9.17, 15) is 4.79 Å². The molecular formula is C18H15N5OS. The van der Waals surface area contributed by atoms with Gasteiger partial charge >= 0.3 is 5.69 Å². The molecule has 25 heavy (non-hydrogen) atoms. The summed E-state index contributed by atoms with van der Waals surface area (Å²) in [4.78, 5) is 19.9. The Balaban J connectivity index is 1.62. The summed E-state index contributed by atoms with van der Waals surface area (Å²) in [5, 5.41) is 10.3. The first-order valence-corrected chi connectivity index (χ1v) is 8.58. The molecule has 0 aliphatic rings. The molecule has 0 atom stereocenters. The summed E-state index contributed by atoms with van der Waals surface area (Å²) < 4.78 is 1.19. The summed E-state index contributed by atoms with van der Waals surface area (Å²) in [6.07, 6.45) is 0. The number of aromatic nitrogens is 4. The van der Waals surface area contributed by atoms with Crippen LogP contribution in [-0.4, -0.2) is 20.2 Å². The lowest BCUT2D eigenvalue weighted by atomic mass is 10.2. The molecule has 2 aromatic carbocycles. The molecule has 7 heteroatoms. The molecular weight excluding hydrogens is 334 g/mol. The first-order chi connectivity index (χ1) is 12.1. The highest BCUT2D eigenvalue weighted by atomic mass is 32.1. The normalized spacial score (nSPS) is 11.0. The summed E-state index contributed by atoms with van der Waals surface area (Å²) in [6.45, 7) is 3.86. The van der Waals surface area contributed by atoms with Crippen LogP contribution in [0.5, 0.6) is 0 Å². The van der Waals surface area contributed by atoms with E-state index in [4.69, 9.17) is 4.98 Å². The number of thiazole rings is 1. The number of H-pyrrole nitrogens is 1. The van der Waals surface area contributed by atoms with Gasteiger partial charge in [0.15, 0.2) is 5.82 Å². The van der Waals surface area contributed by atoms with Crippen molar-refractivity contribution in [1.82, 2.24) is 20.2 Å². The Morgan fingerprint density at radius 3 is 2.64 bits per heavy atom. The van der Waals surface area contributed by atoms with E-state index in [-0.39, 0.29) is 0 Å². The number of fused-ring (bicyclic) bond motifs is 1. The molecule has 0 saturated heterocycles. The zero-order valence-corrected chi connectivity index (χ0v) is 14.5. The number of aromatic amines is 1. The summed E-state index contributed by atoms with van der Waals surface area (Å²) in [6, 6.07) is 14.2. The summed E-state index contributed by atoms with van der Waals surface area (Å²) in [5.41, 5.74) is 4.29. The Bertz CT molecular complexity index is 1110. The molecule has 4 aromatic rings. The summed E-state index contributed by atoms with van der Waals surface area (Å²) >= 11 is 1.68. The summed E-state index contributed by atoms with van der Waals surface area (Å²) in [5.74, 6) is 0.451. The minimum Gasteiger partial charge on any atom is -0.338 e. The van der Waals surface area contributed by atoms with E-state index in [1.165, 1.54) is 10.3 Å². The lowest BCUT2D eigenvalue weighted by Crippen LogP contribution is -2.15. The number of rotatable bonds is 3. The largest absolute Gasteiger partial charge is 0.363 e. The standard InChI is InChI=1S/C18H15N5OS/c1-10-3-8-14-15(9-10)25-17(20-14)12-4-6-13(7-5-12)19-16-11(2)22-23-18(24)21-16/h3-9H,1-2H3,(H2,19,21,23,24). The number of aryl methyl sites for hydroxylation is 2. The average molecular weight is 349 g/mol. The predicted octanol–water partition coefficient (Wildman–Crippen LogP) is 3.80. The molecule has 4 rings (SSSR count). The van der Waals surface area contributed by atoms with Crippen molar-refractivity contribution in [3.8, 4) is 10.6 Å². The highest BCUT2D eigenvalue weighted by molar-refractivity contribution is 7.21. The fourth-order valence-electron chi connectivity index (χ4n) is 2.50. The van der Waals surface area contributed by atoms with Gasteiger partial charge in [0.25, 0.3) is 0 Å². The van der Waals surface area contributed by atoms with Crippen molar-refractivity contribution in [2.75, 3.05) is 5.32 Å². The predicted molar refractivity (Wildman–Crippen MR) is 100 cm³/mol. The van der Waals surface area contributed by atoms with Gasteiger partial charge in [-0.15, -0.1) is 11.3 Å². The maximum Gasteiger partial charge on any atom is 0.363 e. The molecule has 0 bridgehead atoms. The van der Waals surface area contributed by atoms with Crippen LogP contribution in [0.4, 0.5) is 11.5 Å². The molecule has 0 aliphatic carbocycles. The van der Waals surface area contributed by atoms with Crippen LogP contribution in [0.3, 0.4) is 0 Å². The lowest BCUT2D eigenvalue weighted by molar-refractivity contribution is 0.885. The summed E-state index contributed by atoms with van der Waals surface area (Å²) in [7, 11) is 0. The maximum absolute atomic E-state index is 11.3. The van der Waals surface area contributed by atoms with Crippen LogP contribution >= 0.6 is 11.3 Å². The van der Waals surface area contributed by atoms with Gasteiger partial charge in [-0.25, -0.2) is 14.9 Å². The number of anilines is 2. The van der Waals surface area contributed by atoms with Gasteiger partial charge in [-0.1, -0.05) is 6.07 Å². The van der Waals surface area contributed by atoms with E-state index in [1.54, 1.807) is 18.3 Å². The fourth-order valence-corrected chi connectivity index (χ4v) is 3.57. The molecule has 2 N–H and O–H groups in total. The Morgan fingerprint density at radius 1 is 1.04 bits per heavy atom. The van der Waals surface area contributed by atoms with Gasteiger partial charge in [0, 0.05) is 11.3 Å². The third kappa shape index (κ3) is 3.14. The lowest BCUT2D eigenvalue weighted by Gasteiger charge is -2.07. The molecule has 0 fully saturated rings. The zero-order chi connectivity index (χ0) is 17.4. The second kappa shape index (κ2) is 6.10. The van der Waals surface area contributed by atoms with Crippen LogP contribution in [0.1, 0.15) is 11.3 Å². The Kier molecular flexibility index (Phi) is 3.77. The van der Waals surface area contributed by atoms with Crippen molar-refractivity contribution >= 4 is 33.1 Å². The highest BCUT2D eigenvalue weighted by Crippen LogP contribution is 2.31. The van der Waals surface area contributed by atoms with Crippen molar-refractivity contribution < 1.29 is 0 Å². The van der Waals surface area contributed by atoms with E-state index >= 15 is 0 Å². The second-order valence-electron chi connectivity index (χ2n) is 5.77. The van der Waals surface area contributed by atoms with Gasteiger partial charge in [0.05, 0.1) is 10.2 Å². The highest BCUT2D eigenvalue weighted by Gasteiger charge is 2.08. The third-order valence-corrected chi connectivity index (χ3v) is 4.88. The number of benzene rings is 2. The fraction of sp³-hybridized carbons (Fsp3) is 0.111. The molecule has 0 saturated carbocycles. The van der Waals surface area contributed by atoms with Crippen molar-refractivity contribution in [2.24, 2.45) is 0 Å². The monoisotopic (exact) mass is 349 g/mol. The molecule has 0 amide bonds. The van der Waals surface area contributed by atoms with Gasteiger partial charge < -0.3 is 5.32 Å². The van der Waals surface area contributed by atoms with Gasteiger partial charge in [-0.2, -0.15) is 10.1 Å². The van der Waals surface area contributed by atoms with Crippen molar-refractivity contribution in [3.63, 3.8) is 0 Å². The van der Waals surface area contributed by atoms with E-state index in [1.807, 2.05) is 24.3 Å². The van der Waals surface area contributed by atoms with E-state index in [0.717, 1.165) is 21.8 Å². The molecule has 2 aromatic heterocycles. The average Bonchev–Trinajstić information content (AvgIpc) is 3.02. The topological polar surface area (TPSA) is 83.6 Å². The second-order valence-corrected chi connectivity index (χ2v) is 6.80. The molecule has 0 radical (unpaired) electrons. The van der Waals surface area contributed by atoms with Gasteiger partial charge in [-0.05, 0) is 55.8 Å². The van der Waals surface area contributed by atoms with Gasteiger partial charge in [0.2, 0.25) is 0 Å². The number of nitrogens with zero attached hydrogens (tertiary/aromatic N) is 3. The molecule has 6 nitrogen and oxygen atoms in total. The number of nitrogens with one attached hydrogen (secondary N) is 2. The van der Waals surface area contributed by atoms with Crippen LogP contribution in [0.25, 0.3) is 20.8 Å². The first-order valence-electron chi connectivity index (χ1n) is 7.76. The van der Waals surface area contributed by atoms with Crippen LogP contribution in [0.2, 0.25) is 0 Å². The van der Waals surface area contributed by atoms with E-state index < -0.39 is 5.69 Å². The molecule has 0 aliphatic heterocycles. The van der Waals surface area contributed by atoms with Crippen molar-refractivity contribution in [2.45, 2.75) is 13.8 Å². The molecule has 0 spiro atoms. The number of hydrogen-bond acceptors (Lipinski definition) is 6. The van der Waals surface area contributed by atoms with E-state index in [2.05, 4.69) is 45.6 Å². The Hall–Kier alpha value is -3.06. The van der Waals surface area contributed by atoms with Crippen LogP contribution in [-0.2, 0) is 0 Å². The maximum atomic E-state index is 11.3. The van der Waals surface area contributed by atoms with Crippen LogP contribution < -0.4 is 11.0 Å². The van der Waals surface area contributed by atoms with Crippen LogP contribution in [0, 0.1) is 13.8 Å². The van der Waals surface area contributed by atoms with Crippen molar-refractivity contribution in [1.29, 1.82) is 0 Å².